The summed E-state index contributed by atoms with van der Waals surface area (Å²) in [5.41, 5.74) is 1.31. The monoisotopic (exact) mass is 382 g/mol. The van der Waals surface area contributed by atoms with E-state index in [-0.39, 0.29) is 0 Å². The van der Waals surface area contributed by atoms with Gasteiger partial charge in [-0.25, -0.2) is 0 Å². The molecular weight excluding hydrogens is 380 g/mol. The van der Waals surface area contributed by atoms with Gasteiger partial charge in [0, 0.05) is 19.0 Å². The minimum atomic E-state index is 0.875. The number of thiophene rings is 1. The smallest absolute Gasteiger partial charge is 0.0364 e. The highest BCUT2D eigenvalue weighted by molar-refractivity contribution is 9.13. The molecule has 4 heteroatoms. The molecule has 68 valence electrons. The van der Waals surface area contributed by atoms with Gasteiger partial charge in [0.1, 0.15) is 0 Å². The maximum atomic E-state index is 3.57. The molecule has 0 aliphatic rings. The molecular formula is C9H5Br3S. The van der Waals surface area contributed by atoms with Gasteiger partial charge in [0.15, 0.2) is 0 Å². The Bertz CT molecular complexity index is 447. The van der Waals surface area contributed by atoms with E-state index in [9.17, 15) is 0 Å². The molecule has 0 atom stereocenters. The zero-order valence-corrected chi connectivity index (χ0v) is 12.1. The molecule has 13 heavy (non-hydrogen) atoms. The SMILES string of the molecule is BrCc1c(Br)c(Br)cc2sccc12. The molecule has 1 aromatic heterocycles. The average Bonchev–Trinajstić information content (AvgIpc) is 2.54. The van der Waals surface area contributed by atoms with Gasteiger partial charge in [-0.1, -0.05) is 15.9 Å². The molecule has 0 nitrogen and oxygen atoms in total. The molecule has 0 aliphatic carbocycles. The molecule has 0 bridgehead atoms. The van der Waals surface area contributed by atoms with Crippen molar-refractivity contribution in [2.75, 3.05) is 0 Å². The quantitative estimate of drug-likeness (QED) is 0.583. The molecule has 1 heterocycles. The molecule has 0 N–H and O–H groups in total. The van der Waals surface area contributed by atoms with Gasteiger partial charge in [0.2, 0.25) is 0 Å². The van der Waals surface area contributed by atoms with Crippen LogP contribution >= 0.6 is 59.1 Å². The predicted octanol–water partition coefficient (Wildman–Crippen LogP) is 5.32. The maximum absolute atomic E-state index is 3.57. The summed E-state index contributed by atoms with van der Waals surface area (Å²) in [4.78, 5) is 0. The first kappa shape index (κ1) is 10.1. The van der Waals surface area contributed by atoms with Crippen molar-refractivity contribution >= 4 is 69.2 Å². The first-order valence-electron chi connectivity index (χ1n) is 3.64. The van der Waals surface area contributed by atoms with E-state index in [2.05, 4.69) is 65.3 Å². The van der Waals surface area contributed by atoms with Crippen LogP contribution in [0.2, 0.25) is 0 Å². The summed E-state index contributed by atoms with van der Waals surface area (Å²) in [6, 6.07) is 4.31. The summed E-state index contributed by atoms with van der Waals surface area (Å²) >= 11 is 12.4. The molecule has 2 aromatic rings. The lowest BCUT2D eigenvalue weighted by molar-refractivity contribution is 1.44. The van der Waals surface area contributed by atoms with Crippen LogP contribution in [0.15, 0.2) is 26.5 Å². The van der Waals surface area contributed by atoms with Gasteiger partial charge in [0.25, 0.3) is 0 Å². The number of hydrogen-bond acceptors (Lipinski definition) is 1. The zero-order valence-electron chi connectivity index (χ0n) is 6.48. The van der Waals surface area contributed by atoms with Crippen molar-refractivity contribution in [1.82, 2.24) is 0 Å². The highest BCUT2D eigenvalue weighted by Crippen LogP contribution is 2.37. The zero-order chi connectivity index (χ0) is 9.42. The van der Waals surface area contributed by atoms with Crippen molar-refractivity contribution in [3.8, 4) is 0 Å². The third kappa shape index (κ3) is 1.74. The van der Waals surface area contributed by atoms with Gasteiger partial charge in [0.05, 0.1) is 0 Å². The lowest BCUT2D eigenvalue weighted by atomic mass is 10.1. The van der Waals surface area contributed by atoms with E-state index in [4.69, 9.17) is 0 Å². The van der Waals surface area contributed by atoms with E-state index in [1.54, 1.807) is 11.3 Å². The molecule has 0 radical (unpaired) electrons. The van der Waals surface area contributed by atoms with E-state index in [0.717, 1.165) is 14.3 Å². The van der Waals surface area contributed by atoms with E-state index in [1.165, 1.54) is 15.6 Å². The van der Waals surface area contributed by atoms with Gasteiger partial charge in [-0.3, -0.25) is 0 Å². The van der Waals surface area contributed by atoms with Crippen LogP contribution in [0.25, 0.3) is 10.1 Å². The molecule has 0 spiro atoms. The van der Waals surface area contributed by atoms with Crippen LogP contribution < -0.4 is 0 Å². The van der Waals surface area contributed by atoms with Crippen molar-refractivity contribution in [1.29, 1.82) is 0 Å². The Balaban J connectivity index is 2.87. The fraction of sp³-hybridized carbons (Fsp3) is 0.111. The van der Waals surface area contributed by atoms with E-state index in [0.29, 0.717) is 0 Å². The third-order valence-electron chi connectivity index (χ3n) is 1.89. The summed E-state index contributed by atoms with van der Waals surface area (Å²) in [5, 5.41) is 4.33. The van der Waals surface area contributed by atoms with Crippen molar-refractivity contribution in [2.24, 2.45) is 0 Å². The normalized spacial score (nSPS) is 11.0. The Morgan fingerprint density at radius 2 is 2.08 bits per heavy atom. The maximum Gasteiger partial charge on any atom is 0.0364 e. The summed E-state index contributed by atoms with van der Waals surface area (Å²) in [5.74, 6) is 0. The average molecular weight is 385 g/mol. The summed E-state index contributed by atoms with van der Waals surface area (Å²) in [6.07, 6.45) is 0. The highest BCUT2D eigenvalue weighted by atomic mass is 79.9. The van der Waals surface area contributed by atoms with Crippen molar-refractivity contribution in [2.45, 2.75) is 5.33 Å². The number of fused-ring (bicyclic) bond motifs is 1. The second-order valence-electron chi connectivity index (χ2n) is 2.62. The molecule has 2 rings (SSSR count). The highest BCUT2D eigenvalue weighted by Gasteiger charge is 2.09. The van der Waals surface area contributed by atoms with Gasteiger partial charge < -0.3 is 0 Å². The second-order valence-corrected chi connectivity index (χ2v) is 5.77. The molecule has 0 saturated heterocycles. The summed E-state index contributed by atoms with van der Waals surface area (Å²) in [6.45, 7) is 0. The number of alkyl halides is 1. The second kappa shape index (κ2) is 4.01. The Morgan fingerprint density at radius 3 is 2.77 bits per heavy atom. The fourth-order valence-electron chi connectivity index (χ4n) is 1.25. The topological polar surface area (TPSA) is 0 Å². The molecule has 1 aromatic carbocycles. The van der Waals surface area contributed by atoms with Crippen LogP contribution in [0.4, 0.5) is 0 Å². The van der Waals surface area contributed by atoms with Crippen molar-refractivity contribution in [3.05, 3.63) is 32.0 Å². The molecule has 0 fully saturated rings. The van der Waals surface area contributed by atoms with Crippen molar-refractivity contribution < 1.29 is 0 Å². The van der Waals surface area contributed by atoms with Gasteiger partial charge in [-0.2, -0.15) is 0 Å². The summed E-state index contributed by atoms with van der Waals surface area (Å²) < 4.78 is 3.59. The standard InChI is InChI=1S/C9H5Br3S/c10-4-6-5-1-2-13-8(5)3-7(11)9(6)12/h1-3H,4H2. The Kier molecular flexibility index (Phi) is 3.13. The predicted molar refractivity (Wildman–Crippen MR) is 69.9 cm³/mol. The molecule has 0 saturated carbocycles. The van der Waals surface area contributed by atoms with Crippen LogP contribution in [0.1, 0.15) is 5.56 Å². The lowest BCUT2D eigenvalue weighted by Crippen LogP contribution is -1.82. The first-order chi connectivity index (χ1) is 6.24. The van der Waals surface area contributed by atoms with E-state index < -0.39 is 0 Å². The number of benzene rings is 1. The number of rotatable bonds is 1. The van der Waals surface area contributed by atoms with Gasteiger partial charge in [-0.15, -0.1) is 11.3 Å². The Hall–Kier alpha value is 0.620. The van der Waals surface area contributed by atoms with Gasteiger partial charge in [-0.05, 0) is 60.3 Å². The number of hydrogen-bond donors (Lipinski definition) is 0. The molecule has 0 amide bonds. The van der Waals surface area contributed by atoms with E-state index in [1.807, 2.05) is 0 Å². The summed E-state index contributed by atoms with van der Waals surface area (Å²) in [7, 11) is 0. The minimum Gasteiger partial charge on any atom is -0.144 e. The molecule has 0 unspecified atom stereocenters. The van der Waals surface area contributed by atoms with Crippen LogP contribution in [0, 0.1) is 0 Å². The fourth-order valence-corrected chi connectivity index (χ4v) is 4.16. The Morgan fingerprint density at radius 1 is 1.31 bits per heavy atom. The van der Waals surface area contributed by atoms with Crippen LogP contribution in [0.5, 0.6) is 0 Å². The van der Waals surface area contributed by atoms with Gasteiger partial charge >= 0.3 is 0 Å². The minimum absolute atomic E-state index is 0.875. The van der Waals surface area contributed by atoms with E-state index >= 15 is 0 Å². The number of halogens is 3. The van der Waals surface area contributed by atoms with Crippen LogP contribution in [-0.2, 0) is 5.33 Å². The first-order valence-corrected chi connectivity index (χ1v) is 7.23. The molecule has 0 aliphatic heterocycles. The van der Waals surface area contributed by atoms with Crippen molar-refractivity contribution in [3.63, 3.8) is 0 Å². The Labute approximate surface area is 106 Å². The van der Waals surface area contributed by atoms with Crippen LogP contribution in [-0.4, -0.2) is 0 Å². The lowest BCUT2D eigenvalue weighted by Gasteiger charge is -2.04. The van der Waals surface area contributed by atoms with Crippen LogP contribution in [0.3, 0.4) is 0 Å². The largest absolute Gasteiger partial charge is 0.144 e. The third-order valence-corrected chi connectivity index (χ3v) is 5.37.